The predicted molar refractivity (Wildman–Crippen MR) is 83.6 cm³/mol. The molecule has 0 radical (unpaired) electrons. The van der Waals surface area contributed by atoms with E-state index in [1.54, 1.807) is 6.07 Å². The van der Waals surface area contributed by atoms with Crippen molar-refractivity contribution in [3.05, 3.63) is 28.2 Å². The largest absolute Gasteiger partial charge is 0.492 e. The van der Waals surface area contributed by atoms with Crippen LogP contribution in [0.3, 0.4) is 0 Å². The number of hydrogen-bond donors (Lipinski definition) is 1. The molecular weight excluding hydrogens is 281 g/mol. The Labute approximate surface area is 126 Å². The maximum atomic E-state index is 6.04. The van der Waals surface area contributed by atoms with E-state index in [0.717, 1.165) is 13.0 Å². The molecule has 0 spiro atoms. The molecule has 0 bridgehead atoms. The Morgan fingerprint density at radius 2 is 1.84 bits per heavy atom. The summed E-state index contributed by atoms with van der Waals surface area (Å²) < 4.78 is 5.63. The third kappa shape index (κ3) is 7.05. The molecule has 2 nitrogen and oxygen atoms in total. The first kappa shape index (κ1) is 16.6. The van der Waals surface area contributed by atoms with E-state index in [-0.39, 0.29) is 0 Å². The molecule has 0 aromatic heterocycles. The monoisotopic (exact) mass is 303 g/mol. The summed E-state index contributed by atoms with van der Waals surface area (Å²) in [4.78, 5) is 0. The van der Waals surface area contributed by atoms with Gasteiger partial charge in [-0.05, 0) is 31.5 Å². The quantitative estimate of drug-likeness (QED) is 0.653. The molecule has 0 saturated carbocycles. The van der Waals surface area contributed by atoms with E-state index in [0.29, 0.717) is 28.4 Å². The van der Waals surface area contributed by atoms with Crippen molar-refractivity contribution < 1.29 is 4.74 Å². The summed E-state index contributed by atoms with van der Waals surface area (Å²) in [7, 11) is 0. The normalized spacial score (nSPS) is 11.0. The smallest absolute Gasteiger partial charge is 0.139 e. The highest BCUT2D eigenvalue weighted by molar-refractivity contribution is 6.42. The molecule has 0 amide bonds. The van der Waals surface area contributed by atoms with Gasteiger partial charge in [0.1, 0.15) is 10.8 Å². The number of nitrogens with one attached hydrogen (secondary N) is 1. The van der Waals surface area contributed by atoms with Crippen LogP contribution in [-0.4, -0.2) is 19.2 Å². The fraction of sp³-hybridized carbons (Fsp3) is 0.600. The Bertz CT molecular complexity index is 369. The molecule has 1 rings (SSSR count). The number of halogens is 2. The predicted octanol–water partition coefficient (Wildman–Crippen LogP) is 4.93. The highest BCUT2D eigenvalue weighted by atomic mass is 35.5. The third-order valence-corrected chi connectivity index (χ3v) is 3.60. The lowest BCUT2D eigenvalue weighted by Crippen LogP contribution is -2.23. The van der Waals surface area contributed by atoms with E-state index in [9.17, 15) is 0 Å². The zero-order valence-corrected chi connectivity index (χ0v) is 13.2. The molecule has 4 heteroatoms. The van der Waals surface area contributed by atoms with E-state index in [2.05, 4.69) is 19.2 Å². The van der Waals surface area contributed by atoms with Crippen molar-refractivity contribution in [1.29, 1.82) is 0 Å². The van der Waals surface area contributed by atoms with Gasteiger partial charge in [-0.1, -0.05) is 56.0 Å². The van der Waals surface area contributed by atoms with Crippen LogP contribution in [-0.2, 0) is 0 Å². The summed E-state index contributed by atoms with van der Waals surface area (Å²) in [6, 6.07) is 6.04. The van der Waals surface area contributed by atoms with Crippen LogP contribution in [0.15, 0.2) is 18.2 Å². The molecule has 1 aromatic carbocycles. The maximum absolute atomic E-state index is 6.04. The molecular formula is C15H23Cl2NO. The van der Waals surface area contributed by atoms with Crippen molar-refractivity contribution >= 4 is 23.2 Å². The Kier molecular flexibility index (Phi) is 8.27. The molecule has 0 aliphatic heterocycles. The van der Waals surface area contributed by atoms with E-state index >= 15 is 0 Å². The van der Waals surface area contributed by atoms with Crippen LogP contribution in [0.5, 0.6) is 5.75 Å². The van der Waals surface area contributed by atoms with Crippen molar-refractivity contribution in [3.8, 4) is 5.75 Å². The highest BCUT2D eigenvalue weighted by Gasteiger charge is 2.04. The van der Waals surface area contributed by atoms with Crippen molar-refractivity contribution in [2.24, 2.45) is 0 Å². The fourth-order valence-electron chi connectivity index (χ4n) is 1.75. The molecule has 0 heterocycles. The molecule has 0 atom stereocenters. The summed E-state index contributed by atoms with van der Waals surface area (Å²) in [5.74, 6) is 0.677. The summed E-state index contributed by atoms with van der Waals surface area (Å²) in [6.45, 7) is 6.13. The minimum atomic E-state index is 0.505. The first-order valence-electron chi connectivity index (χ1n) is 6.91. The molecule has 19 heavy (non-hydrogen) atoms. The minimum Gasteiger partial charge on any atom is -0.492 e. The second-order valence-electron chi connectivity index (χ2n) is 4.92. The van der Waals surface area contributed by atoms with E-state index in [1.165, 1.54) is 19.3 Å². The Morgan fingerprint density at radius 1 is 1.11 bits per heavy atom. The average Bonchev–Trinajstić information content (AvgIpc) is 2.37. The van der Waals surface area contributed by atoms with Crippen molar-refractivity contribution in [2.45, 2.75) is 45.6 Å². The van der Waals surface area contributed by atoms with Gasteiger partial charge >= 0.3 is 0 Å². The lowest BCUT2D eigenvalue weighted by Gasteiger charge is -2.09. The van der Waals surface area contributed by atoms with Crippen LogP contribution >= 0.6 is 23.2 Å². The van der Waals surface area contributed by atoms with Gasteiger partial charge in [-0.15, -0.1) is 0 Å². The van der Waals surface area contributed by atoms with Crippen LogP contribution in [0.25, 0.3) is 0 Å². The number of rotatable bonds is 9. The Balaban J connectivity index is 2.06. The zero-order chi connectivity index (χ0) is 14.1. The number of unbranched alkanes of at least 4 members (excludes halogenated alkanes) is 3. The van der Waals surface area contributed by atoms with Crippen LogP contribution in [0.4, 0.5) is 0 Å². The van der Waals surface area contributed by atoms with E-state index in [1.807, 2.05) is 12.1 Å². The number of ether oxygens (including phenoxy) is 1. The van der Waals surface area contributed by atoms with Gasteiger partial charge in [0.25, 0.3) is 0 Å². The molecule has 1 N–H and O–H groups in total. The second kappa shape index (κ2) is 9.46. The highest BCUT2D eigenvalue weighted by Crippen LogP contribution is 2.31. The van der Waals surface area contributed by atoms with Crippen LogP contribution in [0.2, 0.25) is 10.0 Å². The van der Waals surface area contributed by atoms with Gasteiger partial charge in [0.15, 0.2) is 0 Å². The molecule has 0 saturated heterocycles. The van der Waals surface area contributed by atoms with Crippen LogP contribution in [0, 0.1) is 0 Å². The molecule has 1 aromatic rings. The Morgan fingerprint density at radius 3 is 2.58 bits per heavy atom. The van der Waals surface area contributed by atoms with Gasteiger partial charge in [0.05, 0.1) is 11.6 Å². The average molecular weight is 304 g/mol. The maximum Gasteiger partial charge on any atom is 0.139 e. The summed E-state index contributed by atoms with van der Waals surface area (Å²) >= 11 is 12.0. The van der Waals surface area contributed by atoms with Gasteiger partial charge in [-0.2, -0.15) is 0 Å². The van der Waals surface area contributed by atoms with Crippen LogP contribution in [0.1, 0.15) is 39.5 Å². The van der Waals surface area contributed by atoms with E-state index in [4.69, 9.17) is 27.9 Å². The van der Waals surface area contributed by atoms with Crippen LogP contribution < -0.4 is 10.1 Å². The number of hydrogen-bond acceptors (Lipinski definition) is 2. The molecule has 0 aliphatic carbocycles. The molecule has 108 valence electrons. The van der Waals surface area contributed by atoms with Crippen molar-refractivity contribution in [3.63, 3.8) is 0 Å². The summed E-state index contributed by atoms with van der Waals surface area (Å²) in [5, 5.41) is 4.46. The van der Waals surface area contributed by atoms with Crippen molar-refractivity contribution in [1.82, 2.24) is 5.32 Å². The number of benzene rings is 1. The molecule has 0 unspecified atom stereocenters. The lowest BCUT2D eigenvalue weighted by atomic mass is 10.2. The van der Waals surface area contributed by atoms with Gasteiger partial charge in [0, 0.05) is 6.04 Å². The first-order valence-corrected chi connectivity index (χ1v) is 7.67. The van der Waals surface area contributed by atoms with Crippen molar-refractivity contribution in [2.75, 3.05) is 13.2 Å². The Hall–Kier alpha value is -0.440. The van der Waals surface area contributed by atoms with Gasteiger partial charge in [-0.3, -0.25) is 0 Å². The summed E-state index contributed by atoms with van der Waals surface area (Å²) in [6.07, 6.45) is 4.67. The van der Waals surface area contributed by atoms with Gasteiger partial charge in [0.2, 0.25) is 0 Å². The molecule has 0 fully saturated rings. The third-order valence-electron chi connectivity index (χ3n) is 2.80. The topological polar surface area (TPSA) is 21.3 Å². The van der Waals surface area contributed by atoms with Gasteiger partial charge < -0.3 is 10.1 Å². The summed E-state index contributed by atoms with van der Waals surface area (Å²) in [5.41, 5.74) is 0. The SMILES string of the molecule is CC(C)NCCCCCCOc1cccc(Cl)c1Cl. The van der Waals surface area contributed by atoms with E-state index < -0.39 is 0 Å². The second-order valence-corrected chi connectivity index (χ2v) is 5.71. The lowest BCUT2D eigenvalue weighted by molar-refractivity contribution is 0.304. The zero-order valence-electron chi connectivity index (χ0n) is 11.7. The minimum absolute atomic E-state index is 0.505. The fourth-order valence-corrected chi connectivity index (χ4v) is 2.10. The first-order chi connectivity index (χ1) is 9.11. The standard InChI is InChI=1S/C15H23Cl2NO/c1-12(2)18-10-5-3-4-6-11-19-14-9-7-8-13(16)15(14)17/h7-9,12,18H,3-6,10-11H2,1-2H3. The van der Waals surface area contributed by atoms with Gasteiger partial charge in [-0.25, -0.2) is 0 Å². The molecule has 0 aliphatic rings.